The summed E-state index contributed by atoms with van der Waals surface area (Å²) in [5, 5.41) is 0. The minimum absolute atomic E-state index is 0. The van der Waals surface area contributed by atoms with Crippen molar-refractivity contribution in [3.8, 4) is 0 Å². The minimum Gasteiger partial charge on any atom is -0.463 e. The molecule has 1 aromatic rings. The van der Waals surface area contributed by atoms with E-state index in [9.17, 15) is 4.79 Å². The molecule has 3 heteroatoms. The van der Waals surface area contributed by atoms with Gasteiger partial charge >= 0.3 is 0 Å². The number of benzene rings is 1. The second kappa shape index (κ2) is 8.43. The van der Waals surface area contributed by atoms with E-state index in [1.165, 1.54) is 4.90 Å². The van der Waals surface area contributed by atoms with Crippen LogP contribution in [0.25, 0.3) is 0 Å². The Kier molecular flexibility index (Phi) is 8.05. The Morgan fingerprint density at radius 3 is 2.44 bits per heavy atom. The van der Waals surface area contributed by atoms with E-state index >= 15 is 0 Å². The molecule has 1 rings (SSSR count). The number of hydrogen-bond acceptors (Lipinski definition) is 1. The van der Waals surface area contributed by atoms with Crippen LogP contribution in [-0.4, -0.2) is 6.41 Å². The quantitative estimate of drug-likeness (QED) is 0.474. The monoisotopic (exact) mass is 288 g/mol. The minimum atomic E-state index is 0. The molecular weight excluding hydrogens is 275 g/mol. The van der Waals surface area contributed by atoms with Crippen LogP contribution in [0.2, 0.25) is 0 Å². The second-order valence-electron chi connectivity index (χ2n) is 2.99. The maximum absolute atomic E-state index is 10.8. The smallest absolute Gasteiger partial charge is 0.147 e. The molecule has 0 N–H and O–H groups in total. The fourth-order valence-electron chi connectivity index (χ4n) is 1.16. The predicted molar refractivity (Wildman–Crippen MR) is 61.9 cm³/mol. The van der Waals surface area contributed by atoms with Gasteiger partial charge in [-0.2, -0.15) is 5.70 Å². The van der Waals surface area contributed by atoms with Crippen molar-refractivity contribution >= 4 is 12.1 Å². The van der Waals surface area contributed by atoms with Crippen LogP contribution in [-0.2, 0) is 37.5 Å². The molecule has 0 aliphatic carbocycles. The molecule has 0 aromatic heterocycles. The number of nitrogens with zero attached hydrogens (tertiary/aromatic N) is 1. The van der Waals surface area contributed by atoms with E-state index in [1.807, 2.05) is 56.7 Å². The van der Waals surface area contributed by atoms with Crippen molar-refractivity contribution in [2.75, 3.05) is 4.90 Å². The standard InChI is InChI=1S/C13H13NO.Y/c1-3-4-8-12(2)14(11-15)13-9-6-5-7-10-13;/h3-7,9-10H,1-2H3;/q-2;/b4-3-;. The van der Waals surface area contributed by atoms with Gasteiger partial charge in [-0.3, -0.25) is 0 Å². The maximum atomic E-state index is 10.8. The van der Waals surface area contributed by atoms with Gasteiger partial charge in [0.15, 0.2) is 0 Å². The van der Waals surface area contributed by atoms with Gasteiger partial charge in [-0.15, -0.1) is 6.92 Å². The molecule has 0 aliphatic rings. The Morgan fingerprint density at radius 1 is 1.31 bits per heavy atom. The van der Waals surface area contributed by atoms with Gasteiger partial charge in [0.25, 0.3) is 0 Å². The van der Waals surface area contributed by atoms with E-state index in [0.717, 1.165) is 5.69 Å². The van der Waals surface area contributed by atoms with Crippen LogP contribution in [0, 0.1) is 6.08 Å². The zero-order valence-electron chi connectivity index (χ0n) is 9.47. The van der Waals surface area contributed by atoms with E-state index in [4.69, 9.17) is 0 Å². The number of rotatable bonds is 4. The number of carbonyl (C=O) groups excluding carboxylic acids is 1. The van der Waals surface area contributed by atoms with Gasteiger partial charge in [0.1, 0.15) is 6.41 Å². The van der Waals surface area contributed by atoms with Crippen molar-refractivity contribution in [1.29, 1.82) is 0 Å². The zero-order valence-corrected chi connectivity index (χ0v) is 12.3. The van der Waals surface area contributed by atoms with E-state index in [1.54, 1.807) is 6.08 Å². The largest absolute Gasteiger partial charge is 0.463 e. The molecule has 0 bridgehead atoms. The summed E-state index contributed by atoms with van der Waals surface area (Å²) in [6.07, 6.45) is 8.48. The van der Waals surface area contributed by atoms with Crippen molar-refractivity contribution in [2.45, 2.75) is 13.8 Å². The zero-order chi connectivity index (χ0) is 11.1. The number of para-hydroxylation sites is 1. The summed E-state index contributed by atoms with van der Waals surface area (Å²) in [6, 6.07) is 9.36. The molecule has 0 fully saturated rings. The van der Waals surface area contributed by atoms with Gasteiger partial charge < -0.3 is 15.8 Å². The number of allylic oxidation sites excluding steroid dienone is 4. The van der Waals surface area contributed by atoms with E-state index in [-0.39, 0.29) is 32.7 Å². The molecule has 0 aliphatic heterocycles. The van der Waals surface area contributed by atoms with Gasteiger partial charge in [0.2, 0.25) is 0 Å². The number of anilines is 1. The molecule has 0 heterocycles. The Labute approximate surface area is 122 Å². The molecule has 16 heavy (non-hydrogen) atoms. The summed E-state index contributed by atoms with van der Waals surface area (Å²) in [7, 11) is 0. The summed E-state index contributed by atoms with van der Waals surface area (Å²) in [6.45, 7) is 3.72. The molecule has 0 unspecified atom stereocenters. The van der Waals surface area contributed by atoms with Gasteiger partial charge in [-0.1, -0.05) is 42.9 Å². The predicted octanol–water partition coefficient (Wildman–Crippen LogP) is 2.84. The van der Waals surface area contributed by atoms with Gasteiger partial charge in [0, 0.05) is 32.7 Å². The number of hydrogen-bond donors (Lipinski definition) is 0. The van der Waals surface area contributed by atoms with E-state index in [0.29, 0.717) is 5.70 Å². The first-order valence-electron chi connectivity index (χ1n) is 4.73. The van der Waals surface area contributed by atoms with Crippen LogP contribution < -0.4 is 4.90 Å². The van der Waals surface area contributed by atoms with Gasteiger partial charge in [-0.25, -0.2) is 12.2 Å². The third kappa shape index (κ3) is 4.42. The Bertz CT molecular complexity index is 371. The van der Waals surface area contributed by atoms with Crippen molar-refractivity contribution in [2.24, 2.45) is 0 Å². The van der Waals surface area contributed by atoms with Crippen LogP contribution in [0.15, 0.2) is 48.2 Å². The van der Waals surface area contributed by atoms with Gasteiger partial charge in [0.05, 0.1) is 0 Å². The molecule has 0 saturated heterocycles. The van der Waals surface area contributed by atoms with E-state index in [2.05, 4.69) is 6.08 Å². The molecule has 1 radical (unpaired) electrons. The third-order valence-corrected chi connectivity index (χ3v) is 1.90. The van der Waals surface area contributed by atoms with E-state index < -0.39 is 0 Å². The van der Waals surface area contributed by atoms with Crippen LogP contribution >= 0.6 is 0 Å². The molecule has 81 valence electrons. The van der Waals surface area contributed by atoms with Crippen molar-refractivity contribution in [1.82, 2.24) is 0 Å². The first kappa shape index (κ1) is 15.3. The average Bonchev–Trinajstić information content (AvgIpc) is 2.29. The van der Waals surface area contributed by atoms with Crippen LogP contribution in [0.4, 0.5) is 5.69 Å². The maximum Gasteiger partial charge on any atom is 0.147 e. The summed E-state index contributed by atoms with van der Waals surface area (Å²) in [5.41, 5.74) is 1.51. The van der Waals surface area contributed by atoms with Crippen LogP contribution in [0.3, 0.4) is 0 Å². The summed E-state index contributed by atoms with van der Waals surface area (Å²) >= 11 is 0. The first-order chi connectivity index (χ1) is 7.29. The Morgan fingerprint density at radius 2 is 1.94 bits per heavy atom. The van der Waals surface area contributed by atoms with Gasteiger partial charge in [-0.05, 0) is 0 Å². The van der Waals surface area contributed by atoms with Crippen LogP contribution in [0.1, 0.15) is 13.8 Å². The average molecular weight is 288 g/mol. The molecule has 1 aromatic carbocycles. The first-order valence-corrected chi connectivity index (χ1v) is 4.73. The summed E-state index contributed by atoms with van der Waals surface area (Å²) in [4.78, 5) is 12.3. The Balaban J connectivity index is 0.00000225. The summed E-state index contributed by atoms with van der Waals surface area (Å²) < 4.78 is 0. The topological polar surface area (TPSA) is 20.3 Å². The fraction of sp³-hybridized carbons (Fsp3) is 0.154. The van der Waals surface area contributed by atoms with Crippen molar-refractivity contribution in [3.05, 3.63) is 54.3 Å². The normalized spacial score (nSPS) is 11.0. The fourth-order valence-corrected chi connectivity index (χ4v) is 1.16. The molecule has 2 nitrogen and oxygen atoms in total. The summed E-state index contributed by atoms with van der Waals surface area (Å²) in [5.74, 6) is 0. The molecular formula is C13H13NOY-2. The molecule has 0 spiro atoms. The molecule has 0 saturated carbocycles. The van der Waals surface area contributed by atoms with Crippen molar-refractivity contribution in [3.63, 3.8) is 0 Å². The van der Waals surface area contributed by atoms with Crippen LogP contribution in [0.5, 0.6) is 0 Å². The van der Waals surface area contributed by atoms with Crippen molar-refractivity contribution < 1.29 is 37.5 Å². The number of amides is 1. The molecule has 1 amide bonds. The SMILES string of the molecule is C/C=C\[C-]=C(C)N([C-]=O)c1ccccc1.[Y]. The molecule has 0 atom stereocenters. The second-order valence-corrected chi connectivity index (χ2v) is 2.99. The third-order valence-electron chi connectivity index (χ3n) is 1.90. The Hall–Kier alpha value is -0.726.